The number of fused-ring (bicyclic) bond motifs is 2. The van der Waals surface area contributed by atoms with Crippen molar-refractivity contribution in [2.75, 3.05) is 13.7 Å². The summed E-state index contributed by atoms with van der Waals surface area (Å²) in [6.45, 7) is 5.10. The number of nitrogens with zero attached hydrogens (tertiary/aromatic N) is 1. The predicted octanol–water partition coefficient (Wildman–Crippen LogP) is 3.42. The molecule has 0 saturated carbocycles. The summed E-state index contributed by atoms with van der Waals surface area (Å²) in [5.74, 6) is 1.01. The van der Waals surface area contributed by atoms with Crippen molar-refractivity contribution in [2.24, 2.45) is 0 Å². The first-order chi connectivity index (χ1) is 11.1. The third kappa shape index (κ3) is 4.29. The highest BCUT2D eigenvalue weighted by Gasteiger charge is 2.35. The van der Waals surface area contributed by atoms with E-state index in [0.717, 1.165) is 23.4 Å². The van der Waals surface area contributed by atoms with Crippen molar-refractivity contribution < 1.29 is 9.53 Å². The van der Waals surface area contributed by atoms with E-state index in [9.17, 15) is 4.79 Å². The van der Waals surface area contributed by atoms with Gasteiger partial charge in [0.15, 0.2) is 5.78 Å². The van der Waals surface area contributed by atoms with E-state index in [-0.39, 0.29) is 18.2 Å². The highest BCUT2D eigenvalue weighted by atomic mass is 35.5. The van der Waals surface area contributed by atoms with Crippen LogP contribution in [0.4, 0.5) is 0 Å². The minimum Gasteiger partial charge on any atom is -0.494 e. The third-order valence-corrected chi connectivity index (χ3v) is 5.26. The van der Waals surface area contributed by atoms with Crippen LogP contribution in [0.3, 0.4) is 0 Å². The molecule has 3 rings (SSSR count). The number of carbonyl (C=O) groups excluding carboxylic acids is 1. The van der Waals surface area contributed by atoms with Crippen molar-refractivity contribution in [2.45, 2.75) is 64.2 Å². The zero-order valence-corrected chi connectivity index (χ0v) is 15.7. The smallest absolute Gasteiger partial charge is 0.159 e. The van der Waals surface area contributed by atoms with Gasteiger partial charge in [0.2, 0.25) is 0 Å². The van der Waals surface area contributed by atoms with Crippen LogP contribution in [0.5, 0.6) is 5.75 Å². The Bertz CT molecular complexity index is 566. The Balaban J connectivity index is 0.00000208. The minimum absolute atomic E-state index is 0. The van der Waals surface area contributed by atoms with Gasteiger partial charge in [-0.2, -0.15) is 0 Å². The van der Waals surface area contributed by atoms with Gasteiger partial charge in [-0.05, 0) is 64.8 Å². The Hall–Kier alpha value is -1.10. The van der Waals surface area contributed by atoms with E-state index in [2.05, 4.69) is 17.3 Å². The van der Waals surface area contributed by atoms with E-state index < -0.39 is 0 Å². The number of hydrogen-bond donors (Lipinski definition) is 1. The molecule has 0 amide bonds. The first kappa shape index (κ1) is 19.2. The number of hydrogen-bond acceptors (Lipinski definition) is 4. The van der Waals surface area contributed by atoms with Gasteiger partial charge in [-0.25, -0.2) is 0 Å². The van der Waals surface area contributed by atoms with E-state index in [0.29, 0.717) is 24.7 Å². The molecule has 1 aromatic carbocycles. The second-order valence-corrected chi connectivity index (χ2v) is 6.99. The van der Waals surface area contributed by atoms with Gasteiger partial charge in [0.1, 0.15) is 5.75 Å². The lowest BCUT2D eigenvalue weighted by atomic mass is 9.97. The second-order valence-electron chi connectivity index (χ2n) is 6.99. The predicted molar refractivity (Wildman–Crippen MR) is 99.3 cm³/mol. The number of piperidine rings is 1. The Morgan fingerprint density at radius 2 is 1.96 bits per heavy atom. The Kier molecular flexibility index (Phi) is 6.67. The normalized spacial score (nSPS) is 25.4. The quantitative estimate of drug-likeness (QED) is 0.796. The molecule has 0 aliphatic carbocycles. The van der Waals surface area contributed by atoms with Crippen molar-refractivity contribution in [3.63, 3.8) is 0 Å². The number of halogens is 1. The first-order valence-corrected chi connectivity index (χ1v) is 8.79. The van der Waals surface area contributed by atoms with Crippen molar-refractivity contribution in [3.8, 4) is 5.75 Å². The fraction of sp³-hybridized carbons (Fsp3) is 0.632. The molecule has 0 spiro atoms. The standard InChI is InChI=1S/C19H28N2O2.ClH/c1-4-23-19-8-5-14(13(2)22)9-15(19)12-21(3)18-10-16-6-7-17(11-18)20-16;/h5,8-9,16-18,20H,4,6-7,10-12H2,1-3H3;1H. The van der Waals surface area contributed by atoms with E-state index in [1.807, 2.05) is 25.1 Å². The van der Waals surface area contributed by atoms with Gasteiger partial charge in [0, 0.05) is 35.8 Å². The zero-order valence-electron chi connectivity index (χ0n) is 14.9. The zero-order chi connectivity index (χ0) is 16.4. The van der Waals surface area contributed by atoms with Crippen molar-refractivity contribution in [3.05, 3.63) is 29.3 Å². The Morgan fingerprint density at radius 1 is 1.29 bits per heavy atom. The summed E-state index contributed by atoms with van der Waals surface area (Å²) in [5, 5.41) is 3.70. The number of rotatable bonds is 6. The van der Waals surface area contributed by atoms with Crippen molar-refractivity contribution in [1.29, 1.82) is 0 Å². The highest BCUT2D eigenvalue weighted by molar-refractivity contribution is 5.94. The monoisotopic (exact) mass is 352 g/mol. The molecular formula is C19H29ClN2O2. The maximum absolute atomic E-state index is 11.7. The third-order valence-electron chi connectivity index (χ3n) is 5.26. The van der Waals surface area contributed by atoms with Crippen LogP contribution in [0.1, 0.15) is 55.5 Å². The summed E-state index contributed by atoms with van der Waals surface area (Å²) in [5.41, 5.74) is 1.88. The van der Waals surface area contributed by atoms with Crippen LogP contribution in [-0.4, -0.2) is 42.5 Å². The largest absolute Gasteiger partial charge is 0.494 e. The van der Waals surface area contributed by atoms with Gasteiger partial charge in [0.25, 0.3) is 0 Å². The molecule has 2 aliphatic heterocycles. The number of nitrogens with one attached hydrogen (secondary N) is 1. The molecule has 134 valence electrons. The van der Waals surface area contributed by atoms with Crippen LogP contribution in [0, 0.1) is 0 Å². The van der Waals surface area contributed by atoms with E-state index in [4.69, 9.17) is 4.74 Å². The average molecular weight is 353 g/mol. The van der Waals surface area contributed by atoms with Crippen LogP contribution < -0.4 is 10.1 Å². The first-order valence-electron chi connectivity index (χ1n) is 8.79. The fourth-order valence-electron chi connectivity index (χ4n) is 4.00. The maximum atomic E-state index is 11.7. The molecule has 2 aliphatic rings. The summed E-state index contributed by atoms with van der Waals surface area (Å²) in [4.78, 5) is 14.1. The van der Waals surface area contributed by atoms with Crippen LogP contribution in [0.15, 0.2) is 18.2 Å². The lowest BCUT2D eigenvalue weighted by molar-refractivity contribution is 0.101. The number of ketones is 1. The summed E-state index contributed by atoms with van der Waals surface area (Å²) in [7, 11) is 2.20. The summed E-state index contributed by atoms with van der Waals surface area (Å²) >= 11 is 0. The van der Waals surface area contributed by atoms with Crippen LogP contribution >= 0.6 is 12.4 Å². The topological polar surface area (TPSA) is 41.6 Å². The molecule has 2 bridgehead atoms. The molecule has 1 aromatic rings. The van der Waals surface area contributed by atoms with Gasteiger partial charge in [0.05, 0.1) is 6.61 Å². The molecule has 2 unspecified atom stereocenters. The van der Waals surface area contributed by atoms with Gasteiger partial charge >= 0.3 is 0 Å². The van der Waals surface area contributed by atoms with Crippen LogP contribution in [-0.2, 0) is 6.54 Å². The molecule has 2 heterocycles. The number of ether oxygens (including phenoxy) is 1. The molecule has 2 saturated heterocycles. The molecule has 0 radical (unpaired) electrons. The molecule has 2 atom stereocenters. The molecule has 24 heavy (non-hydrogen) atoms. The van der Waals surface area contributed by atoms with Gasteiger partial charge in [-0.1, -0.05) is 0 Å². The number of benzene rings is 1. The summed E-state index contributed by atoms with van der Waals surface area (Å²) in [6, 6.07) is 7.80. The molecule has 2 fully saturated rings. The van der Waals surface area contributed by atoms with Gasteiger partial charge < -0.3 is 10.1 Å². The average Bonchev–Trinajstić information content (AvgIpc) is 2.87. The SMILES string of the molecule is CCOc1ccc(C(C)=O)cc1CN(C)C1CC2CCC(C1)N2.Cl. The van der Waals surface area contributed by atoms with Gasteiger partial charge in [-0.15, -0.1) is 12.4 Å². The molecular weight excluding hydrogens is 324 g/mol. The van der Waals surface area contributed by atoms with Gasteiger partial charge in [-0.3, -0.25) is 9.69 Å². The maximum Gasteiger partial charge on any atom is 0.159 e. The van der Waals surface area contributed by atoms with Crippen LogP contribution in [0.25, 0.3) is 0 Å². The lowest BCUT2D eigenvalue weighted by Gasteiger charge is -2.35. The second kappa shape index (κ2) is 8.32. The number of Topliss-reactive ketones (excluding diaryl/α,β-unsaturated/α-hetero) is 1. The highest BCUT2D eigenvalue weighted by Crippen LogP contribution is 2.31. The van der Waals surface area contributed by atoms with E-state index in [1.54, 1.807) is 6.92 Å². The summed E-state index contributed by atoms with van der Waals surface area (Å²) < 4.78 is 5.76. The fourth-order valence-corrected chi connectivity index (χ4v) is 4.00. The van der Waals surface area contributed by atoms with Crippen molar-refractivity contribution in [1.82, 2.24) is 10.2 Å². The van der Waals surface area contributed by atoms with E-state index in [1.165, 1.54) is 25.7 Å². The lowest BCUT2D eigenvalue weighted by Crippen LogP contribution is -2.46. The van der Waals surface area contributed by atoms with Crippen molar-refractivity contribution >= 4 is 18.2 Å². The van der Waals surface area contributed by atoms with E-state index >= 15 is 0 Å². The minimum atomic E-state index is 0. The molecule has 4 nitrogen and oxygen atoms in total. The molecule has 0 aromatic heterocycles. The molecule has 1 N–H and O–H groups in total. The van der Waals surface area contributed by atoms with Crippen LogP contribution in [0.2, 0.25) is 0 Å². The Labute approximate surface area is 151 Å². The molecule has 5 heteroatoms. The summed E-state index contributed by atoms with van der Waals surface area (Å²) in [6.07, 6.45) is 5.09. The Morgan fingerprint density at radius 3 is 2.54 bits per heavy atom. The number of carbonyl (C=O) groups is 1.